The molecule has 0 aliphatic carbocycles. The fourth-order valence-corrected chi connectivity index (χ4v) is 2.09. The molecule has 1 aromatic carbocycles. The second kappa shape index (κ2) is 6.36. The fourth-order valence-electron chi connectivity index (χ4n) is 2.09. The molecule has 0 radical (unpaired) electrons. The first-order chi connectivity index (χ1) is 8.98. The van der Waals surface area contributed by atoms with Crippen molar-refractivity contribution in [1.29, 1.82) is 0 Å². The summed E-state index contributed by atoms with van der Waals surface area (Å²) in [5.41, 5.74) is 0.497. The van der Waals surface area contributed by atoms with Crippen LogP contribution in [0.1, 0.15) is 60.7 Å². The van der Waals surface area contributed by atoms with Crippen molar-refractivity contribution in [3.8, 4) is 0 Å². The number of aromatic carboxylic acids is 1. The van der Waals surface area contributed by atoms with E-state index in [0.717, 1.165) is 19.3 Å². The van der Waals surface area contributed by atoms with Crippen molar-refractivity contribution in [3.63, 3.8) is 0 Å². The normalized spacial score (nSPS) is 11.1. The van der Waals surface area contributed by atoms with Crippen LogP contribution in [0.5, 0.6) is 0 Å². The first kappa shape index (κ1) is 15.2. The van der Waals surface area contributed by atoms with Crippen LogP contribution in [0.3, 0.4) is 0 Å². The molecule has 0 saturated heterocycles. The number of carbonyl (C=O) groups excluding carboxylic acids is 1. The van der Waals surface area contributed by atoms with Gasteiger partial charge >= 0.3 is 5.97 Å². The molecule has 4 heteroatoms. The molecule has 4 nitrogen and oxygen atoms in total. The molecule has 1 rings (SSSR count). The van der Waals surface area contributed by atoms with Crippen LogP contribution < -0.4 is 5.32 Å². The fraction of sp³-hybridized carbons (Fsp3) is 0.467. The van der Waals surface area contributed by atoms with Crippen LogP contribution in [0.25, 0.3) is 0 Å². The van der Waals surface area contributed by atoms with Crippen molar-refractivity contribution in [1.82, 2.24) is 5.32 Å². The van der Waals surface area contributed by atoms with Gasteiger partial charge in [0.15, 0.2) is 0 Å². The highest BCUT2D eigenvalue weighted by Gasteiger charge is 2.26. The number of carboxylic acid groups (broad SMARTS) is 1. The third-order valence-corrected chi connectivity index (χ3v) is 3.80. The lowest BCUT2D eigenvalue weighted by Crippen LogP contribution is -2.47. The molecule has 0 atom stereocenters. The molecule has 0 heterocycles. The predicted octanol–water partition coefficient (Wildman–Crippen LogP) is 3.08. The third-order valence-electron chi connectivity index (χ3n) is 3.80. The van der Waals surface area contributed by atoms with Crippen molar-refractivity contribution in [2.24, 2.45) is 0 Å². The summed E-state index contributed by atoms with van der Waals surface area (Å²) in [6.07, 6.45) is 2.62. The molecule has 0 spiro atoms. The van der Waals surface area contributed by atoms with Gasteiger partial charge in [0, 0.05) is 11.1 Å². The van der Waals surface area contributed by atoms with Crippen LogP contribution in [0.4, 0.5) is 0 Å². The second-order valence-corrected chi connectivity index (χ2v) is 4.68. The minimum absolute atomic E-state index is 0.150. The van der Waals surface area contributed by atoms with Gasteiger partial charge < -0.3 is 10.4 Å². The van der Waals surface area contributed by atoms with Crippen LogP contribution in [0.15, 0.2) is 24.3 Å². The Morgan fingerprint density at radius 1 is 1.00 bits per heavy atom. The van der Waals surface area contributed by atoms with Crippen LogP contribution in [-0.2, 0) is 0 Å². The molecule has 2 N–H and O–H groups in total. The molecule has 0 saturated carbocycles. The van der Waals surface area contributed by atoms with Crippen molar-refractivity contribution in [3.05, 3.63) is 35.4 Å². The Kier molecular flexibility index (Phi) is 5.10. The van der Waals surface area contributed by atoms with Gasteiger partial charge in [-0.3, -0.25) is 4.79 Å². The molecular weight excluding hydrogens is 242 g/mol. The minimum atomic E-state index is -0.989. The lowest BCUT2D eigenvalue weighted by molar-refractivity contribution is 0.0696. The van der Waals surface area contributed by atoms with Gasteiger partial charge in [0.25, 0.3) is 5.91 Å². The molecule has 0 aliphatic rings. The molecule has 1 amide bonds. The number of benzene rings is 1. The van der Waals surface area contributed by atoms with Gasteiger partial charge in [0.05, 0.1) is 5.56 Å². The Labute approximate surface area is 113 Å². The Balaban J connectivity index is 2.86. The zero-order valence-corrected chi connectivity index (χ0v) is 11.7. The molecular formula is C15H21NO3. The maximum atomic E-state index is 12.2. The third kappa shape index (κ3) is 3.56. The number of rotatable bonds is 6. The Hall–Kier alpha value is -1.84. The summed E-state index contributed by atoms with van der Waals surface area (Å²) >= 11 is 0. The van der Waals surface area contributed by atoms with Crippen LogP contribution in [0.2, 0.25) is 0 Å². The Morgan fingerprint density at radius 2 is 1.42 bits per heavy atom. The number of amides is 1. The van der Waals surface area contributed by atoms with Gasteiger partial charge in [-0.05, 0) is 43.5 Å². The summed E-state index contributed by atoms with van der Waals surface area (Å²) in [5, 5.41) is 11.9. The highest BCUT2D eigenvalue weighted by molar-refractivity contribution is 5.96. The first-order valence-corrected chi connectivity index (χ1v) is 6.64. The summed E-state index contributed by atoms with van der Waals surface area (Å²) in [5.74, 6) is -1.14. The first-order valence-electron chi connectivity index (χ1n) is 6.64. The predicted molar refractivity (Wildman–Crippen MR) is 74.5 cm³/mol. The molecule has 1 aromatic rings. The number of hydrogen-bond acceptors (Lipinski definition) is 2. The van der Waals surface area contributed by atoms with Gasteiger partial charge in [0.1, 0.15) is 0 Å². The summed E-state index contributed by atoms with van der Waals surface area (Å²) in [7, 11) is 0. The van der Waals surface area contributed by atoms with Gasteiger partial charge in [-0.25, -0.2) is 4.79 Å². The number of nitrogens with one attached hydrogen (secondary N) is 1. The van der Waals surface area contributed by atoms with E-state index in [9.17, 15) is 9.59 Å². The second-order valence-electron chi connectivity index (χ2n) is 4.68. The zero-order valence-electron chi connectivity index (χ0n) is 11.7. The van der Waals surface area contributed by atoms with Gasteiger partial charge in [-0.15, -0.1) is 0 Å². The molecule has 0 aliphatic heterocycles. The highest BCUT2D eigenvalue weighted by atomic mass is 16.4. The average Bonchev–Trinajstić information content (AvgIpc) is 2.45. The quantitative estimate of drug-likeness (QED) is 0.828. The van der Waals surface area contributed by atoms with Crippen LogP contribution in [-0.4, -0.2) is 22.5 Å². The van der Waals surface area contributed by atoms with Crippen molar-refractivity contribution in [2.45, 2.75) is 45.6 Å². The number of carboxylic acids is 1. The molecule has 0 unspecified atom stereocenters. The summed E-state index contributed by atoms with van der Waals surface area (Å²) < 4.78 is 0. The lowest BCUT2D eigenvalue weighted by Gasteiger charge is -2.31. The van der Waals surface area contributed by atoms with E-state index < -0.39 is 5.97 Å². The van der Waals surface area contributed by atoms with E-state index in [2.05, 4.69) is 26.1 Å². The van der Waals surface area contributed by atoms with Gasteiger partial charge in [-0.2, -0.15) is 0 Å². The standard InChI is InChI=1S/C15H21NO3/c1-4-15(5-2,6-3)16-13(17)11-7-9-12(10-8-11)14(18)19/h7-10H,4-6H2,1-3H3,(H,16,17)(H,18,19). The molecule has 0 bridgehead atoms. The maximum Gasteiger partial charge on any atom is 0.335 e. The smallest absolute Gasteiger partial charge is 0.335 e. The minimum Gasteiger partial charge on any atom is -0.478 e. The van der Waals surface area contributed by atoms with Crippen LogP contribution >= 0.6 is 0 Å². The van der Waals surface area contributed by atoms with E-state index >= 15 is 0 Å². The van der Waals surface area contributed by atoms with Crippen molar-refractivity contribution in [2.75, 3.05) is 0 Å². The van der Waals surface area contributed by atoms with E-state index in [1.807, 2.05) is 0 Å². The number of hydrogen-bond donors (Lipinski definition) is 2. The van der Waals surface area contributed by atoms with E-state index in [-0.39, 0.29) is 17.0 Å². The molecule has 0 aromatic heterocycles. The van der Waals surface area contributed by atoms with Crippen LogP contribution in [0, 0.1) is 0 Å². The van der Waals surface area contributed by atoms with E-state index in [0.29, 0.717) is 5.56 Å². The summed E-state index contributed by atoms with van der Waals surface area (Å²) in [6, 6.07) is 5.99. The zero-order chi connectivity index (χ0) is 14.5. The average molecular weight is 263 g/mol. The molecule has 0 fully saturated rings. The lowest BCUT2D eigenvalue weighted by atomic mass is 9.89. The molecule has 104 valence electrons. The molecule has 19 heavy (non-hydrogen) atoms. The van der Waals surface area contributed by atoms with Crippen molar-refractivity contribution < 1.29 is 14.7 Å². The Morgan fingerprint density at radius 3 is 1.79 bits per heavy atom. The maximum absolute atomic E-state index is 12.2. The number of carbonyl (C=O) groups is 2. The monoisotopic (exact) mass is 263 g/mol. The van der Waals surface area contributed by atoms with Gasteiger partial charge in [-0.1, -0.05) is 20.8 Å². The van der Waals surface area contributed by atoms with E-state index in [1.54, 1.807) is 12.1 Å². The highest BCUT2D eigenvalue weighted by Crippen LogP contribution is 2.20. The Bertz CT molecular complexity index is 439. The topological polar surface area (TPSA) is 66.4 Å². The van der Waals surface area contributed by atoms with E-state index in [1.165, 1.54) is 12.1 Å². The largest absolute Gasteiger partial charge is 0.478 e. The van der Waals surface area contributed by atoms with Crippen molar-refractivity contribution >= 4 is 11.9 Å². The summed E-state index contributed by atoms with van der Waals surface area (Å²) in [4.78, 5) is 22.9. The SMILES string of the molecule is CCC(CC)(CC)NC(=O)c1ccc(C(=O)O)cc1. The van der Waals surface area contributed by atoms with Gasteiger partial charge in [0.2, 0.25) is 0 Å². The van der Waals surface area contributed by atoms with E-state index in [4.69, 9.17) is 5.11 Å². The summed E-state index contributed by atoms with van der Waals surface area (Å²) in [6.45, 7) is 6.17.